The molecule has 2 aromatic rings. The van der Waals surface area contributed by atoms with Gasteiger partial charge in [0.25, 0.3) is 5.91 Å². The number of piperidine rings is 1. The van der Waals surface area contributed by atoms with Crippen LogP contribution in [0.5, 0.6) is 11.5 Å². The molecule has 1 aliphatic carbocycles. The van der Waals surface area contributed by atoms with E-state index in [0.717, 1.165) is 42.7 Å². The second-order valence-corrected chi connectivity index (χ2v) is 9.70. The van der Waals surface area contributed by atoms with Crippen LogP contribution in [0.25, 0.3) is 0 Å². The number of rotatable bonds is 7. The van der Waals surface area contributed by atoms with E-state index >= 15 is 0 Å². The van der Waals surface area contributed by atoms with Gasteiger partial charge in [-0.25, -0.2) is 4.98 Å². The zero-order valence-electron chi connectivity index (χ0n) is 18.7. The number of thiazole rings is 1. The lowest BCUT2D eigenvalue weighted by atomic mass is 10.0. The predicted molar refractivity (Wildman–Crippen MR) is 123 cm³/mol. The average Bonchev–Trinajstić information content (AvgIpc) is 3.46. The number of aromatic nitrogens is 1. The highest BCUT2D eigenvalue weighted by molar-refractivity contribution is 7.09. The van der Waals surface area contributed by atoms with E-state index in [4.69, 9.17) is 9.47 Å². The summed E-state index contributed by atoms with van der Waals surface area (Å²) < 4.78 is 11.7. The second kappa shape index (κ2) is 10.0. The maximum absolute atomic E-state index is 13.1. The van der Waals surface area contributed by atoms with Crippen LogP contribution in [0.1, 0.15) is 72.6 Å². The van der Waals surface area contributed by atoms with E-state index in [0.29, 0.717) is 17.1 Å². The van der Waals surface area contributed by atoms with Gasteiger partial charge < -0.3 is 19.7 Å². The first-order valence-corrected chi connectivity index (χ1v) is 12.2. The number of benzene rings is 1. The van der Waals surface area contributed by atoms with Gasteiger partial charge in [0, 0.05) is 24.5 Å². The van der Waals surface area contributed by atoms with Gasteiger partial charge in [-0.15, -0.1) is 11.3 Å². The summed E-state index contributed by atoms with van der Waals surface area (Å²) in [5.74, 6) is 1.10. The van der Waals surface area contributed by atoms with Crippen molar-refractivity contribution in [3.63, 3.8) is 0 Å². The number of nitrogens with one attached hydrogen (secondary N) is 1. The van der Waals surface area contributed by atoms with Crippen molar-refractivity contribution < 1.29 is 14.3 Å². The summed E-state index contributed by atoms with van der Waals surface area (Å²) in [6, 6.07) is 6.06. The first-order chi connectivity index (χ1) is 15.0. The molecule has 1 saturated heterocycles. The molecule has 7 heteroatoms. The van der Waals surface area contributed by atoms with Crippen LogP contribution in [0.15, 0.2) is 23.6 Å². The molecule has 1 aromatic heterocycles. The molecule has 1 N–H and O–H groups in total. The molecule has 2 fully saturated rings. The standard InChI is InChI=1S/C24H33N3O3S/c1-16(22-15-31-17(2)26-22)25-24(28)21-14-20(29-3)8-9-23(21)30-19-10-12-27(13-11-19)18-6-4-5-7-18/h8-9,14-16,18-19H,4-7,10-13H2,1-3H3,(H,25,28)/t16-/m1/s1. The Bertz CT molecular complexity index is 886. The molecule has 0 radical (unpaired) electrons. The van der Waals surface area contributed by atoms with Crippen molar-refractivity contribution in [2.75, 3.05) is 20.2 Å². The number of ether oxygens (including phenoxy) is 2. The fourth-order valence-corrected chi connectivity index (χ4v) is 5.36. The molecule has 1 aliphatic heterocycles. The number of aryl methyl sites for hydroxylation is 1. The lowest BCUT2D eigenvalue weighted by Gasteiger charge is -2.36. The summed E-state index contributed by atoms with van der Waals surface area (Å²) in [6.45, 7) is 6.07. The van der Waals surface area contributed by atoms with Crippen molar-refractivity contribution in [3.8, 4) is 11.5 Å². The van der Waals surface area contributed by atoms with E-state index in [1.165, 1.54) is 25.7 Å². The molecular weight excluding hydrogens is 410 g/mol. The Morgan fingerprint density at radius 3 is 2.61 bits per heavy atom. The summed E-state index contributed by atoms with van der Waals surface area (Å²) in [7, 11) is 1.61. The summed E-state index contributed by atoms with van der Waals surface area (Å²) in [5.41, 5.74) is 1.39. The molecule has 1 amide bonds. The van der Waals surface area contributed by atoms with Crippen LogP contribution in [0.3, 0.4) is 0 Å². The van der Waals surface area contributed by atoms with Gasteiger partial charge in [0.1, 0.15) is 17.6 Å². The quantitative estimate of drug-likeness (QED) is 0.670. The van der Waals surface area contributed by atoms with Gasteiger partial charge in [-0.3, -0.25) is 4.79 Å². The second-order valence-electron chi connectivity index (χ2n) is 8.64. The fourth-order valence-electron chi connectivity index (χ4n) is 4.65. The van der Waals surface area contributed by atoms with Crippen LogP contribution in [0.2, 0.25) is 0 Å². The normalized spacial score (nSPS) is 19.3. The van der Waals surface area contributed by atoms with Gasteiger partial charge in [-0.2, -0.15) is 0 Å². The Balaban J connectivity index is 1.42. The maximum atomic E-state index is 13.1. The number of amides is 1. The van der Waals surface area contributed by atoms with Gasteiger partial charge >= 0.3 is 0 Å². The Morgan fingerprint density at radius 1 is 1.23 bits per heavy atom. The smallest absolute Gasteiger partial charge is 0.255 e. The van der Waals surface area contributed by atoms with Gasteiger partial charge in [-0.1, -0.05) is 12.8 Å². The van der Waals surface area contributed by atoms with Crippen molar-refractivity contribution in [1.82, 2.24) is 15.2 Å². The summed E-state index contributed by atoms with van der Waals surface area (Å²) >= 11 is 1.59. The Labute approximate surface area is 189 Å². The number of carbonyl (C=O) groups is 1. The molecule has 2 heterocycles. The highest BCUT2D eigenvalue weighted by Crippen LogP contribution is 2.30. The molecule has 31 heavy (non-hydrogen) atoms. The summed E-state index contributed by atoms with van der Waals surface area (Å²) in [5, 5.41) is 6.04. The highest BCUT2D eigenvalue weighted by atomic mass is 32.1. The van der Waals surface area contributed by atoms with Crippen molar-refractivity contribution in [2.24, 2.45) is 0 Å². The van der Waals surface area contributed by atoms with E-state index < -0.39 is 0 Å². The lowest BCUT2D eigenvalue weighted by Crippen LogP contribution is -2.43. The van der Waals surface area contributed by atoms with Crippen LogP contribution in [0, 0.1) is 6.92 Å². The molecule has 1 atom stereocenters. The Kier molecular flexibility index (Phi) is 7.13. The largest absolute Gasteiger partial charge is 0.497 e. The van der Waals surface area contributed by atoms with E-state index in [1.54, 1.807) is 24.5 Å². The van der Waals surface area contributed by atoms with Crippen LogP contribution >= 0.6 is 11.3 Å². The molecule has 0 bridgehead atoms. The molecule has 6 nitrogen and oxygen atoms in total. The molecular formula is C24H33N3O3S. The molecule has 0 unspecified atom stereocenters. The van der Waals surface area contributed by atoms with Crippen LogP contribution in [-0.4, -0.2) is 48.1 Å². The van der Waals surface area contributed by atoms with E-state index in [1.807, 2.05) is 31.4 Å². The van der Waals surface area contributed by atoms with Crippen molar-refractivity contribution in [3.05, 3.63) is 39.8 Å². The zero-order chi connectivity index (χ0) is 21.8. The van der Waals surface area contributed by atoms with Crippen molar-refractivity contribution in [2.45, 2.75) is 70.6 Å². The topological polar surface area (TPSA) is 63.7 Å². The minimum Gasteiger partial charge on any atom is -0.497 e. The Hall–Kier alpha value is -2.12. The van der Waals surface area contributed by atoms with Crippen molar-refractivity contribution >= 4 is 17.2 Å². The number of likely N-dealkylation sites (tertiary alicyclic amines) is 1. The predicted octanol–water partition coefficient (Wildman–Crippen LogP) is 4.74. The maximum Gasteiger partial charge on any atom is 0.255 e. The third-order valence-electron chi connectivity index (χ3n) is 6.47. The SMILES string of the molecule is COc1ccc(OC2CCN(C3CCCC3)CC2)c(C(=O)N[C@H](C)c2csc(C)n2)c1. The van der Waals surface area contributed by atoms with Crippen LogP contribution in [0.4, 0.5) is 0 Å². The number of hydrogen-bond donors (Lipinski definition) is 1. The first kappa shape index (κ1) is 22.1. The average molecular weight is 444 g/mol. The summed E-state index contributed by atoms with van der Waals surface area (Å²) in [6.07, 6.45) is 7.54. The third kappa shape index (κ3) is 5.39. The molecule has 1 aromatic carbocycles. The highest BCUT2D eigenvalue weighted by Gasteiger charge is 2.28. The molecule has 2 aliphatic rings. The minimum atomic E-state index is -0.175. The molecule has 1 saturated carbocycles. The third-order valence-corrected chi connectivity index (χ3v) is 7.26. The zero-order valence-corrected chi connectivity index (χ0v) is 19.5. The van der Waals surface area contributed by atoms with Gasteiger partial charge in [0.05, 0.1) is 29.4 Å². The lowest BCUT2D eigenvalue weighted by molar-refractivity contribution is 0.0748. The monoisotopic (exact) mass is 443 g/mol. The van der Waals surface area contributed by atoms with Crippen molar-refractivity contribution in [1.29, 1.82) is 0 Å². The number of carbonyl (C=O) groups excluding carboxylic acids is 1. The van der Waals surface area contributed by atoms with Gasteiger partial charge in [0.15, 0.2) is 0 Å². The van der Waals surface area contributed by atoms with E-state index in [-0.39, 0.29) is 18.1 Å². The number of nitrogens with zero attached hydrogens (tertiary/aromatic N) is 2. The number of methoxy groups -OCH3 is 1. The van der Waals surface area contributed by atoms with Crippen LogP contribution in [-0.2, 0) is 0 Å². The number of hydrogen-bond acceptors (Lipinski definition) is 6. The molecule has 0 spiro atoms. The van der Waals surface area contributed by atoms with Gasteiger partial charge in [0.2, 0.25) is 0 Å². The molecule has 4 rings (SSSR count). The Morgan fingerprint density at radius 2 is 1.97 bits per heavy atom. The van der Waals surface area contributed by atoms with Gasteiger partial charge in [-0.05, 0) is 57.7 Å². The van der Waals surface area contributed by atoms with E-state index in [2.05, 4.69) is 15.2 Å². The summed E-state index contributed by atoms with van der Waals surface area (Å²) in [4.78, 5) is 20.2. The first-order valence-electron chi connectivity index (χ1n) is 11.3. The van der Waals surface area contributed by atoms with E-state index in [9.17, 15) is 4.79 Å². The molecule has 168 valence electrons. The minimum absolute atomic E-state index is 0.135. The van der Waals surface area contributed by atoms with Crippen LogP contribution < -0.4 is 14.8 Å². The fraction of sp³-hybridized carbons (Fsp3) is 0.583.